The molecule has 5 aromatic rings. The number of anilines is 1. The number of amides is 1. The third kappa shape index (κ3) is 5.30. The fourth-order valence-corrected chi connectivity index (χ4v) is 5.00. The Morgan fingerprint density at radius 1 is 1.07 bits per heavy atom. The molecule has 204 valence electrons. The topological polar surface area (TPSA) is 120 Å². The summed E-state index contributed by atoms with van der Waals surface area (Å²) in [5.74, 6) is 0.128. The predicted octanol–water partition coefficient (Wildman–Crippen LogP) is 4.93. The Bertz CT molecular complexity index is 1800. The number of aryl methyl sites for hydroxylation is 2. The van der Waals surface area contributed by atoms with E-state index in [1.165, 1.54) is 11.9 Å². The van der Waals surface area contributed by atoms with Crippen LogP contribution < -0.4 is 15.6 Å². The van der Waals surface area contributed by atoms with Crippen molar-refractivity contribution in [2.75, 3.05) is 11.6 Å². The van der Waals surface area contributed by atoms with Crippen molar-refractivity contribution in [1.82, 2.24) is 34.0 Å². The Labute approximate surface area is 240 Å². The van der Waals surface area contributed by atoms with E-state index in [1.54, 1.807) is 47.1 Å². The third-order valence-electron chi connectivity index (χ3n) is 6.49. The molecule has 1 unspecified atom stereocenters. The van der Waals surface area contributed by atoms with Crippen LogP contribution in [0.15, 0.2) is 59.8 Å². The molecule has 12 heteroatoms. The van der Waals surface area contributed by atoms with E-state index >= 15 is 0 Å². The van der Waals surface area contributed by atoms with Gasteiger partial charge >= 0.3 is 0 Å². The molecule has 2 N–H and O–H groups in total. The Balaban J connectivity index is 1.58. The Kier molecular flexibility index (Phi) is 7.59. The number of carbonyl (C=O) groups excluding carboxylic acids is 1. The van der Waals surface area contributed by atoms with Gasteiger partial charge < -0.3 is 5.32 Å². The number of nitrogens with zero attached hydrogens (tertiary/aromatic N) is 6. The molecule has 0 aliphatic rings. The molecule has 10 nitrogen and oxygen atoms in total. The Hall–Kier alpha value is -4.22. The molecule has 0 saturated carbocycles. The van der Waals surface area contributed by atoms with Gasteiger partial charge in [-0.25, -0.2) is 9.97 Å². The number of hydrogen-bond donors (Lipinski definition) is 2. The Morgan fingerprint density at radius 2 is 1.88 bits per heavy atom. The van der Waals surface area contributed by atoms with Gasteiger partial charge in [0.1, 0.15) is 11.0 Å². The smallest absolute Gasteiger partial charge is 0.281 e. The second-order valence-electron chi connectivity index (χ2n) is 9.42. The fraction of sp³-hybridized carbons (Fsp3) is 0.214. The van der Waals surface area contributed by atoms with E-state index in [0.29, 0.717) is 28.0 Å². The van der Waals surface area contributed by atoms with Crippen LogP contribution in [-0.2, 0) is 14.1 Å². The monoisotopic (exact) mass is 574 g/mol. The minimum Gasteiger partial charge on any atom is -0.377 e. The number of carbonyl (C=O) groups is 1. The number of aromatic nitrogens is 6. The van der Waals surface area contributed by atoms with Crippen LogP contribution in [0.4, 0.5) is 5.69 Å². The van der Waals surface area contributed by atoms with Gasteiger partial charge in [-0.05, 0) is 49.7 Å². The summed E-state index contributed by atoms with van der Waals surface area (Å²) in [6, 6.07) is 10.6. The zero-order valence-electron chi connectivity index (χ0n) is 22.6. The molecule has 0 saturated heterocycles. The number of halogens is 1. The van der Waals surface area contributed by atoms with E-state index in [-0.39, 0.29) is 28.4 Å². The molecule has 0 aliphatic heterocycles. The lowest BCUT2D eigenvalue weighted by atomic mass is 10.0. The summed E-state index contributed by atoms with van der Waals surface area (Å²) in [6.07, 6.45) is 7.10. The average molecular weight is 575 g/mol. The highest BCUT2D eigenvalue weighted by molar-refractivity contribution is 7.97. The van der Waals surface area contributed by atoms with Crippen molar-refractivity contribution in [3.8, 4) is 22.6 Å². The summed E-state index contributed by atoms with van der Waals surface area (Å²) in [5.41, 5.74) is 5.19. The maximum Gasteiger partial charge on any atom is 0.281 e. The first-order valence-corrected chi connectivity index (χ1v) is 14.0. The highest BCUT2D eigenvalue weighted by Crippen LogP contribution is 2.30. The summed E-state index contributed by atoms with van der Waals surface area (Å²) in [6.45, 7) is 3.88. The van der Waals surface area contributed by atoms with E-state index in [4.69, 9.17) is 16.6 Å². The van der Waals surface area contributed by atoms with Gasteiger partial charge in [0, 0.05) is 49.4 Å². The lowest BCUT2D eigenvalue weighted by molar-refractivity contribution is 0.0980. The second-order valence-corrected chi connectivity index (χ2v) is 10.4. The van der Waals surface area contributed by atoms with Crippen molar-refractivity contribution < 1.29 is 4.79 Å². The minimum absolute atomic E-state index is 0.165. The molecule has 0 spiro atoms. The molecule has 4 aromatic heterocycles. The van der Waals surface area contributed by atoms with Crippen LogP contribution >= 0.6 is 23.5 Å². The summed E-state index contributed by atoms with van der Waals surface area (Å²) in [5, 5.41) is 8.29. The third-order valence-corrected chi connectivity index (χ3v) is 7.09. The van der Waals surface area contributed by atoms with Gasteiger partial charge in [-0.15, -0.1) is 0 Å². The number of benzene rings is 1. The van der Waals surface area contributed by atoms with E-state index in [0.717, 1.165) is 22.4 Å². The van der Waals surface area contributed by atoms with Gasteiger partial charge in [-0.1, -0.05) is 29.6 Å². The van der Waals surface area contributed by atoms with E-state index in [2.05, 4.69) is 25.1 Å². The number of rotatable bonds is 7. The highest BCUT2D eigenvalue weighted by atomic mass is 35.5. The number of pyridine rings is 2. The van der Waals surface area contributed by atoms with Crippen LogP contribution in [0.3, 0.4) is 0 Å². The molecule has 0 aliphatic carbocycles. The first-order chi connectivity index (χ1) is 19.2. The highest BCUT2D eigenvalue weighted by Gasteiger charge is 2.20. The van der Waals surface area contributed by atoms with Crippen molar-refractivity contribution in [2.24, 2.45) is 14.1 Å². The van der Waals surface area contributed by atoms with Gasteiger partial charge in [-0.3, -0.25) is 28.5 Å². The molecule has 1 aromatic carbocycles. The van der Waals surface area contributed by atoms with Gasteiger partial charge in [0.2, 0.25) is 0 Å². The van der Waals surface area contributed by atoms with Crippen molar-refractivity contribution in [3.05, 3.63) is 87.3 Å². The maximum absolute atomic E-state index is 13.5. The normalized spacial score (nSPS) is 11.9. The lowest BCUT2D eigenvalue weighted by Crippen LogP contribution is -2.22. The van der Waals surface area contributed by atoms with Gasteiger partial charge in [-0.2, -0.15) is 5.10 Å². The molecule has 0 radical (unpaired) electrons. The molecule has 1 atom stereocenters. The van der Waals surface area contributed by atoms with E-state index in [1.807, 2.05) is 51.4 Å². The largest absolute Gasteiger partial charge is 0.377 e. The van der Waals surface area contributed by atoms with Crippen molar-refractivity contribution in [2.45, 2.75) is 19.9 Å². The van der Waals surface area contributed by atoms with Crippen LogP contribution in [0.2, 0.25) is 5.15 Å². The molecular weight excluding hydrogens is 548 g/mol. The predicted molar refractivity (Wildman–Crippen MR) is 159 cm³/mol. The van der Waals surface area contributed by atoms with Crippen molar-refractivity contribution >= 4 is 46.0 Å². The van der Waals surface area contributed by atoms with Crippen LogP contribution in [0.1, 0.15) is 34.6 Å². The number of hydrogen-bond acceptors (Lipinski definition) is 8. The maximum atomic E-state index is 13.5. The molecule has 5 rings (SSSR count). The van der Waals surface area contributed by atoms with Crippen LogP contribution in [-0.4, -0.2) is 41.5 Å². The quantitative estimate of drug-likeness (QED) is 0.207. The minimum atomic E-state index is -0.365. The zero-order valence-corrected chi connectivity index (χ0v) is 24.1. The summed E-state index contributed by atoms with van der Waals surface area (Å²) in [4.78, 5) is 40.0. The average Bonchev–Trinajstić information content (AvgIpc) is 3.38. The van der Waals surface area contributed by atoms with E-state index < -0.39 is 0 Å². The standard InChI is InChI=1S/C28H27ClN8O2S/c1-15-10-19(16(2)32-22-8-9-23(29)33-25(22)27(38)35-40-5)24-20(11-15)28(39)37(4)26(34-24)17-6-7-21(30-12-17)18-13-31-36(3)14-18/h6-14,16,32H,1-5H3,(H,35,38). The van der Waals surface area contributed by atoms with Gasteiger partial charge in [0.15, 0.2) is 5.69 Å². The molecule has 40 heavy (non-hydrogen) atoms. The first kappa shape index (κ1) is 27.4. The summed E-state index contributed by atoms with van der Waals surface area (Å²) < 4.78 is 5.94. The SMILES string of the molecule is CSNC(=O)c1nc(Cl)ccc1NC(C)c1cc(C)cc2c(=O)n(C)c(-c3ccc(-c4cnn(C)c4)nc3)nc12. The molecular formula is C28H27ClN8O2S. The fourth-order valence-electron chi connectivity index (χ4n) is 4.57. The first-order valence-electron chi connectivity index (χ1n) is 12.4. The van der Waals surface area contributed by atoms with Crippen LogP contribution in [0, 0.1) is 6.92 Å². The zero-order chi connectivity index (χ0) is 28.6. The lowest BCUT2D eigenvalue weighted by Gasteiger charge is -2.20. The van der Waals surface area contributed by atoms with Crippen molar-refractivity contribution in [3.63, 3.8) is 0 Å². The van der Waals surface area contributed by atoms with Gasteiger partial charge in [0.05, 0.1) is 34.5 Å². The van der Waals surface area contributed by atoms with Crippen LogP contribution in [0.5, 0.6) is 0 Å². The molecule has 0 bridgehead atoms. The molecule has 4 heterocycles. The van der Waals surface area contributed by atoms with E-state index in [9.17, 15) is 9.59 Å². The van der Waals surface area contributed by atoms with Crippen molar-refractivity contribution in [1.29, 1.82) is 0 Å². The Morgan fingerprint density at radius 3 is 2.55 bits per heavy atom. The molecule has 0 fully saturated rings. The second kappa shape index (κ2) is 11.1. The molecule has 1 amide bonds. The number of nitrogens with one attached hydrogen (secondary N) is 2. The summed E-state index contributed by atoms with van der Waals surface area (Å²) in [7, 11) is 3.56. The summed E-state index contributed by atoms with van der Waals surface area (Å²) >= 11 is 7.26. The van der Waals surface area contributed by atoms with Gasteiger partial charge in [0.25, 0.3) is 11.5 Å². The van der Waals surface area contributed by atoms with Crippen LogP contribution in [0.25, 0.3) is 33.5 Å². The number of fused-ring (bicyclic) bond motifs is 1.